The van der Waals surface area contributed by atoms with Gasteiger partial charge in [-0.15, -0.1) is 0 Å². The fourth-order valence-electron chi connectivity index (χ4n) is 2.62. The van der Waals surface area contributed by atoms with Gasteiger partial charge in [0.1, 0.15) is 23.1 Å². The van der Waals surface area contributed by atoms with Gasteiger partial charge in [-0.05, 0) is 36.4 Å². The molecule has 2 aromatic carbocycles. The van der Waals surface area contributed by atoms with Gasteiger partial charge in [-0.2, -0.15) is 5.26 Å². The van der Waals surface area contributed by atoms with Crippen molar-refractivity contribution >= 4 is 29.6 Å². The SMILES string of the molecule is COc1ccc(N2C(=O)NC(=O)/C(=C/c3ccccc3OCC#N)C2=O)cc1. The number of benzene rings is 2. The third-order valence-corrected chi connectivity index (χ3v) is 3.94. The summed E-state index contributed by atoms with van der Waals surface area (Å²) in [7, 11) is 1.50. The molecule has 0 bridgehead atoms. The van der Waals surface area contributed by atoms with Crippen molar-refractivity contribution in [2.45, 2.75) is 0 Å². The third-order valence-electron chi connectivity index (χ3n) is 3.94. The Bertz CT molecular complexity index is 1010. The maximum absolute atomic E-state index is 12.9. The predicted octanol–water partition coefficient (Wildman–Crippen LogP) is 2.26. The Morgan fingerprint density at radius 1 is 1.11 bits per heavy atom. The van der Waals surface area contributed by atoms with Crippen molar-refractivity contribution in [1.29, 1.82) is 5.26 Å². The van der Waals surface area contributed by atoms with Gasteiger partial charge in [0.15, 0.2) is 6.61 Å². The van der Waals surface area contributed by atoms with Gasteiger partial charge in [-0.3, -0.25) is 14.9 Å². The van der Waals surface area contributed by atoms with Crippen LogP contribution in [0.5, 0.6) is 11.5 Å². The maximum atomic E-state index is 12.9. The molecule has 8 heteroatoms. The van der Waals surface area contributed by atoms with Crippen LogP contribution in [-0.4, -0.2) is 31.6 Å². The molecule has 2 aromatic rings. The van der Waals surface area contributed by atoms with Crippen LogP contribution >= 0.6 is 0 Å². The third kappa shape index (κ3) is 3.68. The van der Waals surface area contributed by atoms with Crippen molar-refractivity contribution < 1.29 is 23.9 Å². The first-order valence-electron chi connectivity index (χ1n) is 8.19. The van der Waals surface area contributed by atoms with E-state index in [9.17, 15) is 14.4 Å². The first kappa shape index (κ1) is 18.7. The van der Waals surface area contributed by atoms with Gasteiger partial charge in [0.2, 0.25) is 0 Å². The van der Waals surface area contributed by atoms with E-state index in [0.29, 0.717) is 17.1 Å². The highest BCUT2D eigenvalue weighted by Gasteiger charge is 2.36. The number of hydrogen-bond donors (Lipinski definition) is 1. The van der Waals surface area contributed by atoms with Gasteiger partial charge < -0.3 is 9.47 Å². The Morgan fingerprint density at radius 2 is 1.82 bits per heavy atom. The molecule has 8 nitrogen and oxygen atoms in total. The summed E-state index contributed by atoms with van der Waals surface area (Å²) in [5.41, 5.74) is 0.486. The van der Waals surface area contributed by atoms with Crippen molar-refractivity contribution in [3.05, 3.63) is 59.7 Å². The van der Waals surface area contributed by atoms with Crippen molar-refractivity contribution in [3.8, 4) is 17.6 Å². The Morgan fingerprint density at radius 3 is 2.50 bits per heavy atom. The predicted molar refractivity (Wildman–Crippen MR) is 99.5 cm³/mol. The molecule has 0 radical (unpaired) electrons. The topological polar surface area (TPSA) is 109 Å². The highest BCUT2D eigenvalue weighted by Crippen LogP contribution is 2.26. The smallest absolute Gasteiger partial charge is 0.335 e. The van der Waals surface area contributed by atoms with Crippen molar-refractivity contribution in [2.24, 2.45) is 0 Å². The molecule has 0 atom stereocenters. The minimum absolute atomic E-state index is 0.184. The van der Waals surface area contributed by atoms with E-state index in [1.165, 1.54) is 25.3 Å². The van der Waals surface area contributed by atoms with Crippen molar-refractivity contribution in [1.82, 2.24) is 5.32 Å². The Labute approximate surface area is 160 Å². The van der Waals surface area contributed by atoms with Crippen LogP contribution in [0.25, 0.3) is 6.08 Å². The van der Waals surface area contributed by atoms with E-state index in [4.69, 9.17) is 14.7 Å². The molecule has 1 aliphatic heterocycles. The number of rotatable bonds is 5. The number of imide groups is 2. The molecule has 0 unspecified atom stereocenters. The molecule has 0 aromatic heterocycles. The number of hydrogen-bond acceptors (Lipinski definition) is 6. The van der Waals surface area contributed by atoms with Gasteiger partial charge in [0, 0.05) is 5.56 Å². The lowest BCUT2D eigenvalue weighted by atomic mass is 10.1. The van der Waals surface area contributed by atoms with Gasteiger partial charge in [0.05, 0.1) is 12.8 Å². The number of anilines is 1. The van der Waals surface area contributed by atoms with E-state index in [1.54, 1.807) is 36.4 Å². The number of nitriles is 1. The molecular formula is C20H15N3O5. The first-order chi connectivity index (χ1) is 13.5. The summed E-state index contributed by atoms with van der Waals surface area (Å²) in [5, 5.41) is 10.8. The van der Waals surface area contributed by atoms with Crippen LogP contribution in [0.1, 0.15) is 5.56 Å². The molecular weight excluding hydrogens is 362 g/mol. The Balaban J connectivity index is 1.98. The number of nitrogens with one attached hydrogen (secondary N) is 1. The molecule has 4 amide bonds. The standard InChI is InChI=1S/C20H15N3O5/c1-27-15-8-6-14(7-9-15)23-19(25)16(18(24)22-20(23)26)12-13-4-2-3-5-17(13)28-11-10-21/h2-9,12H,11H2,1H3,(H,22,24,26)/b16-12-. The fraction of sp³-hybridized carbons (Fsp3) is 0.100. The minimum atomic E-state index is -0.841. The van der Waals surface area contributed by atoms with Crippen LogP contribution in [0.3, 0.4) is 0 Å². The van der Waals surface area contributed by atoms with Crippen LogP contribution < -0.4 is 19.7 Å². The highest BCUT2D eigenvalue weighted by atomic mass is 16.5. The summed E-state index contributed by atoms with van der Waals surface area (Å²) in [5.74, 6) is -0.682. The van der Waals surface area contributed by atoms with Crippen LogP contribution in [0.2, 0.25) is 0 Å². The van der Waals surface area contributed by atoms with Crippen molar-refractivity contribution in [3.63, 3.8) is 0 Å². The maximum Gasteiger partial charge on any atom is 0.335 e. The van der Waals surface area contributed by atoms with Gasteiger partial charge in [-0.1, -0.05) is 18.2 Å². The average Bonchev–Trinajstić information content (AvgIpc) is 2.70. The molecule has 3 rings (SSSR count). The first-order valence-corrected chi connectivity index (χ1v) is 8.19. The van der Waals surface area contributed by atoms with Gasteiger partial charge in [-0.25, -0.2) is 9.69 Å². The molecule has 0 saturated carbocycles. The number of para-hydroxylation sites is 1. The summed E-state index contributed by atoms with van der Waals surface area (Å²) in [6.45, 7) is -0.184. The molecule has 1 aliphatic rings. The Hall–Kier alpha value is -4.12. The highest BCUT2D eigenvalue weighted by molar-refractivity contribution is 6.39. The van der Waals surface area contributed by atoms with E-state index in [2.05, 4.69) is 5.32 Å². The zero-order valence-corrected chi connectivity index (χ0v) is 14.8. The van der Waals surface area contributed by atoms with E-state index in [0.717, 1.165) is 4.90 Å². The quantitative estimate of drug-likeness (QED) is 0.632. The number of carbonyl (C=O) groups is 3. The molecule has 1 heterocycles. The second kappa shape index (κ2) is 8.05. The van der Waals surface area contributed by atoms with Crippen LogP contribution in [0.15, 0.2) is 54.1 Å². The molecule has 28 heavy (non-hydrogen) atoms. The van der Waals surface area contributed by atoms with E-state index in [1.807, 2.05) is 6.07 Å². The second-order valence-electron chi connectivity index (χ2n) is 5.64. The number of nitrogens with zero attached hydrogens (tertiary/aromatic N) is 2. The molecule has 140 valence electrons. The lowest BCUT2D eigenvalue weighted by molar-refractivity contribution is -0.122. The summed E-state index contributed by atoms with van der Waals surface area (Å²) in [6, 6.07) is 13.9. The molecule has 0 spiro atoms. The lowest BCUT2D eigenvalue weighted by Crippen LogP contribution is -2.54. The number of ether oxygens (including phenoxy) is 2. The number of barbiturate groups is 1. The summed E-state index contributed by atoms with van der Waals surface area (Å²) < 4.78 is 10.4. The van der Waals surface area contributed by atoms with Crippen molar-refractivity contribution in [2.75, 3.05) is 18.6 Å². The number of amides is 4. The molecule has 1 fully saturated rings. The van der Waals surface area contributed by atoms with Crippen LogP contribution in [0.4, 0.5) is 10.5 Å². The minimum Gasteiger partial charge on any atom is -0.497 e. The second-order valence-corrected chi connectivity index (χ2v) is 5.64. The number of urea groups is 1. The van der Waals surface area contributed by atoms with E-state index < -0.39 is 17.8 Å². The largest absolute Gasteiger partial charge is 0.497 e. The monoisotopic (exact) mass is 377 g/mol. The van der Waals surface area contributed by atoms with Gasteiger partial charge >= 0.3 is 6.03 Å². The number of carbonyl (C=O) groups excluding carboxylic acids is 3. The van der Waals surface area contributed by atoms with Gasteiger partial charge in [0.25, 0.3) is 11.8 Å². The summed E-state index contributed by atoms with van der Waals surface area (Å²) in [6.07, 6.45) is 1.33. The lowest BCUT2D eigenvalue weighted by Gasteiger charge is -2.26. The van der Waals surface area contributed by atoms with E-state index in [-0.39, 0.29) is 17.9 Å². The molecule has 0 aliphatic carbocycles. The molecule has 1 saturated heterocycles. The zero-order valence-electron chi connectivity index (χ0n) is 14.8. The normalized spacial score (nSPS) is 15.2. The zero-order chi connectivity index (χ0) is 20.1. The number of methoxy groups -OCH3 is 1. The van der Waals surface area contributed by atoms with Crippen LogP contribution in [0, 0.1) is 11.3 Å². The van der Waals surface area contributed by atoms with Crippen LogP contribution in [-0.2, 0) is 9.59 Å². The van der Waals surface area contributed by atoms with E-state index >= 15 is 0 Å². The summed E-state index contributed by atoms with van der Waals surface area (Å²) in [4.78, 5) is 38.2. The fourth-order valence-corrected chi connectivity index (χ4v) is 2.62. The average molecular weight is 377 g/mol. The Kier molecular flexibility index (Phi) is 5.37. The summed E-state index contributed by atoms with van der Waals surface area (Å²) >= 11 is 0. The molecule has 1 N–H and O–H groups in total.